The SMILES string of the molecule is O=C(Nc1ccc(N=Nc2ccc(N=Nc3ccc(S(=O)(=O)O)cc3)c3cc(S(=O)(=O)O)ccc23)cc1)Nc1ccc(N=Nc2ccc(N=Nc3ccc(S(=O)(=O)O)cc3)c3cc(S(=O)(=O)O)ccc23)cc1.[Na].[Na].[Na].[Na]. The molecule has 6 N–H and O–H groups in total. The Morgan fingerprint density at radius 2 is 0.539 bits per heavy atom. The summed E-state index contributed by atoms with van der Waals surface area (Å²) in [4.78, 5) is 11.4. The number of hydrogen-bond donors (Lipinski definition) is 6. The standard InChI is InChI=1S/C45H32N10O13S4.4Na/c56-45(46-27-1-5-29(6-2-27)48-52-41-21-23-43(39-25-35(71(63,64)65)17-19-37(39)41)54-50-31-9-13-33(14-10-31)69(57,58)59)47-28-3-7-30(8-4-28)49-53-42-22-24-44(40-26-36(72(66,67)68)18-20-38(40)42)55-51-32-11-15-34(16-12-32)70(60,61)62;;;;/h1-26H,(H2,46,47,56)(H,57,58,59)(H,60,61,62)(H,63,64,65)(H,66,67,68);;;;. The minimum atomic E-state index is -4.61. The van der Waals surface area contributed by atoms with Crippen molar-refractivity contribution < 1.29 is 56.7 Å². The number of fused-ring (bicyclic) bond motifs is 2. The first-order valence-electron chi connectivity index (χ1n) is 20.3. The molecule has 2 amide bonds. The van der Waals surface area contributed by atoms with Gasteiger partial charge in [0.2, 0.25) is 0 Å². The molecule has 0 heterocycles. The molecule has 31 heteroatoms. The van der Waals surface area contributed by atoms with Gasteiger partial charge in [0.25, 0.3) is 40.5 Å². The molecule has 8 rings (SSSR count). The van der Waals surface area contributed by atoms with Crippen LogP contribution in [0.5, 0.6) is 0 Å². The van der Waals surface area contributed by atoms with Gasteiger partial charge in [-0.3, -0.25) is 18.2 Å². The van der Waals surface area contributed by atoms with Crippen molar-refractivity contribution in [3.63, 3.8) is 0 Å². The smallest absolute Gasteiger partial charge is 0.308 e. The summed E-state index contributed by atoms with van der Waals surface area (Å²) in [5.41, 5.74) is 2.95. The van der Waals surface area contributed by atoms with Gasteiger partial charge >= 0.3 is 6.03 Å². The number of anilines is 2. The van der Waals surface area contributed by atoms with Crippen LogP contribution >= 0.6 is 0 Å². The molecule has 0 aromatic heterocycles. The maximum atomic E-state index is 12.9. The summed E-state index contributed by atoms with van der Waals surface area (Å²) in [7, 11) is -18.1. The number of azo groups is 4. The van der Waals surface area contributed by atoms with E-state index in [2.05, 4.69) is 51.5 Å². The minimum Gasteiger partial charge on any atom is -0.308 e. The molecule has 76 heavy (non-hydrogen) atoms. The number of hydrogen-bond acceptors (Lipinski definition) is 17. The van der Waals surface area contributed by atoms with E-state index in [1.807, 2.05) is 0 Å². The van der Waals surface area contributed by atoms with Crippen LogP contribution < -0.4 is 10.6 Å². The summed E-state index contributed by atoms with van der Waals surface area (Å²) < 4.78 is 131. The van der Waals surface area contributed by atoms with Crippen molar-refractivity contribution in [3.05, 3.63) is 158 Å². The molecule has 4 radical (unpaired) electrons. The second kappa shape index (κ2) is 27.0. The maximum absolute atomic E-state index is 12.9. The predicted octanol–water partition coefficient (Wildman–Crippen LogP) is 10.8. The zero-order valence-corrected chi connectivity index (χ0v) is 51.5. The summed E-state index contributed by atoms with van der Waals surface area (Å²) in [6, 6.07) is 35.4. The van der Waals surface area contributed by atoms with Crippen LogP contribution in [0.1, 0.15) is 0 Å². The summed E-state index contributed by atoms with van der Waals surface area (Å²) in [5, 5.41) is 40.3. The molecule has 0 aliphatic rings. The van der Waals surface area contributed by atoms with Gasteiger partial charge in [0, 0.05) is 151 Å². The zero-order chi connectivity index (χ0) is 51.4. The summed E-state index contributed by atoms with van der Waals surface area (Å²) in [6.07, 6.45) is 0. The fraction of sp³-hybridized carbons (Fsp3) is 0. The van der Waals surface area contributed by atoms with E-state index < -0.39 is 56.3 Å². The molecule has 0 unspecified atom stereocenters. The third-order valence-electron chi connectivity index (χ3n) is 10.1. The van der Waals surface area contributed by atoms with Crippen molar-refractivity contribution in [1.82, 2.24) is 0 Å². The average molecular weight is 1140 g/mol. The van der Waals surface area contributed by atoms with Gasteiger partial charge < -0.3 is 10.6 Å². The van der Waals surface area contributed by atoms with Crippen molar-refractivity contribution in [2.75, 3.05) is 10.6 Å². The first-order chi connectivity index (χ1) is 34.1. The number of nitrogens with zero attached hydrogens (tertiary/aromatic N) is 8. The van der Waals surface area contributed by atoms with Crippen LogP contribution in [0, 0.1) is 0 Å². The fourth-order valence-corrected chi connectivity index (χ4v) is 8.57. The first-order valence-corrected chi connectivity index (χ1v) is 26.0. The Morgan fingerprint density at radius 3 is 0.803 bits per heavy atom. The molecule has 0 fully saturated rings. The Labute approximate surface area is 522 Å². The van der Waals surface area contributed by atoms with Gasteiger partial charge in [-0.2, -0.15) is 54.1 Å². The van der Waals surface area contributed by atoms with Crippen LogP contribution in [0.4, 0.5) is 61.7 Å². The van der Waals surface area contributed by atoms with Crippen molar-refractivity contribution in [3.8, 4) is 0 Å². The molecular formula is C45H32N10Na4O13S4. The maximum Gasteiger partial charge on any atom is 0.323 e. The number of carbonyl (C=O) groups excluding carboxylic acids is 1. The van der Waals surface area contributed by atoms with Crippen LogP contribution in [0.15, 0.2) is 218 Å². The number of carbonyl (C=O) groups is 1. The number of amides is 2. The van der Waals surface area contributed by atoms with Crippen molar-refractivity contribution >= 4 is 243 Å². The number of nitrogens with one attached hydrogen (secondary N) is 2. The summed E-state index contributed by atoms with van der Waals surface area (Å²) in [6.45, 7) is 0. The molecule has 23 nitrogen and oxygen atoms in total. The molecule has 8 aromatic carbocycles. The van der Waals surface area contributed by atoms with Crippen molar-refractivity contribution in [2.45, 2.75) is 19.6 Å². The van der Waals surface area contributed by atoms with Crippen molar-refractivity contribution in [1.29, 1.82) is 0 Å². The molecule has 0 saturated carbocycles. The molecular weight excluding hydrogens is 1110 g/mol. The summed E-state index contributed by atoms with van der Waals surface area (Å²) >= 11 is 0. The van der Waals surface area contributed by atoms with E-state index in [0.29, 0.717) is 44.9 Å². The molecule has 368 valence electrons. The molecule has 0 aliphatic heterocycles. The van der Waals surface area contributed by atoms with E-state index in [1.54, 1.807) is 60.7 Å². The Morgan fingerprint density at radius 1 is 0.303 bits per heavy atom. The van der Waals surface area contributed by atoms with Gasteiger partial charge in [0.1, 0.15) is 0 Å². The summed E-state index contributed by atoms with van der Waals surface area (Å²) in [5.74, 6) is 0. The van der Waals surface area contributed by atoms with Gasteiger partial charge in [0.05, 0.1) is 65.1 Å². The van der Waals surface area contributed by atoms with Crippen LogP contribution in [-0.4, -0.2) is 176 Å². The van der Waals surface area contributed by atoms with Crippen LogP contribution in [0.2, 0.25) is 0 Å². The van der Waals surface area contributed by atoms with Gasteiger partial charge in [-0.25, -0.2) is 4.79 Å². The normalized spacial score (nSPS) is 12.1. The van der Waals surface area contributed by atoms with Gasteiger partial charge in [-0.15, -0.1) is 20.5 Å². The Balaban J connectivity index is 0.00000312. The zero-order valence-electron chi connectivity index (χ0n) is 40.2. The van der Waals surface area contributed by atoms with E-state index in [-0.39, 0.29) is 162 Å². The van der Waals surface area contributed by atoms with E-state index in [0.717, 1.165) is 24.3 Å². The van der Waals surface area contributed by atoms with Crippen LogP contribution in [0.25, 0.3) is 21.5 Å². The molecule has 0 atom stereocenters. The fourth-order valence-electron chi connectivity index (χ4n) is 6.59. The van der Waals surface area contributed by atoms with Gasteiger partial charge in [0.15, 0.2) is 0 Å². The van der Waals surface area contributed by atoms with Crippen LogP contribution in [-0.2, 0) is 40.5 Å². The topological polar surface area (TPSA) is 357 Å². The monoisotopic (exact) mass is 1140 g/mol. The molecule has 0 saturated heterocycles. The molecule has 0 bridgehead atoms. The average Bonchev–Trinajstić information content (AvgIpc) is 3.33. The van der Waals surface area contributed by atoms with Gasteiger partial charge in [-0.1, -0.05) is 12.1 Å². The largest absolute Gasteiger partial charge is 0.323 e. The quantitative estimate of drug-likeness (QED) is 0.0335. The molecule has 0 spiro atoms. The predicted molar refractivity (Wildman–Crippen MR) is 285 cm³/mol. The van der Waals surface area contributed by atoms with Crippen LogP contribution in [0.3, 0.4) is 0 Å². The van der Waals surface area contributed by atoms with Crippen molar-refractivity contribution in [2.24, 2.45) is 40.9 Å². The Hall–Kier alpha value is -4.41. The first kappa shape index (κ1) is 64.1. The number of benzene rings is 8. The van der Waals surface area contributed by atoms with Gasteiger partial charge in [-0.05, 0) is 146 Å². The minimum absolute atomic E-state index is 0. The van der Waals surface area contributed by atoms with E-state index in [9.17, 15) is 56.7 Å². The molecule has 8 aromatic rings. The second-order valence-corrected chi connectivity index (χ2v) is 20.7. The van der Waals surface area contributed by atoms with E-state index in [1.165, 1.54) is 72.8 Å². The third kappa shape index (κ3) is 16.8. The Bertz CT molecular complexity index is 3790. The van der Waals surface area contributed by atoms with E-state index in [4.69, 9.17) is 0 Å². The second-order valence-electron chi connectivity index (χ2n) is 15.0. The third-order valence-corrected chi connectivity index (χ3v) is 13.5. The number of urea groups is 1. The Kier molecular flexibility index (Phi) is 22.8. The number of rotatable bonds is 14. The molecule has 0 aliphatic carbocycles. The van der Waals surface area contributed by atoms with E-state index >= 15 is 0 Å².